The fourth-order valence-corrected chi connectivity index (χ4v) is 3.78. The van der Waals surface area contributed by atoms with E-state index < -0.39 is 9.84 Å². The predicted molar refractivity (Wildman–Crippen MR) is 56.1 cm³/mol. The van der Waals surface area contributed by atoms with E-state index >= 15 is 0 Å². The van der Waals surface area contributed by atoms with Crippen molar-refractivity contribution in [2.75, 3.05) is 5.75 Å². The molecule has 1 atom stereocenters. The van der Waals surface area contributed by atoms with E-state index in [1.54, 1.807) is 12.1 Å². The first-order valence-corrected chi connectivity index (χ1v) is 6.62. The van der Waals surface area contributed by atoms with Crippen LogP contribution in [0.3, 0.4) is 0 Å². The van der Waals surface area contributed by atoms with Crippen LogP contribution in [-0.2, 0) is 9.84 Å². The minimum absolute atomic E-state index is 0.308. The fraction of sp³-hybridized carbons (Fsp3) is 0.455. The number of benzene rings is 1. The Balaban J connectivity index is 2.61. The van der Waals surface area contributed by atoms with E-state index in [4.69, 9.17) is 0 Å². The highest BCUT2D eigenvalue weighted by Crippen LogP contribution is 2.35. The first kappa shape index (κ1) is 9.71. The largest absolute Gasteiger partial charge is 0.224 e. The van der Waals surface area contributed by atoms with Gasteiger partial charge in [-0.2, -0.15) is 0 Å². The molecule has 3 heteroatoms. The Labute approximate surface area is 84.9 Å². The fourth-order valence-electron chi connectivity index (χ4n) is 2.09. The average molecular weight is 210 g/mol. The lowest BCUT2D eigenvalue weighted by Crippen LogP contribution is -2.19. The molecule has 2 nitrogen and oxygen atoms in total. The van der Waals surface area contributed by atoms with E-state index in [-0.39, 0.29) is 0 Å². The van der Waals surface area contributed by atoms with Crippen molar-refractivity contribution in [3.63, 3.8) is 0 Å². The molecule has 0 bridgehead atoms. The van der Waals surface area contributed by atoms with Crippen LogP contribution in [0.1, 0.15) is 31.2 Å². The van der Waals surface area contributed by atoms with Gasteiger partial charge in [-0.05, 0) is 30.4 Å². The summed E-state index contributed by atoms with van der Waals surface area (Å²) in [5.74, 6) is 0.734. The van der Waals surface area contributed by atoms with Gasteiger partial charge in [0.25, 0.3) is 0 Å². The Bertz CT molecular complexity index is 434. The van der Waals surface area contributed by atoms with Crippen molar-refractivity contribution in [2.45, 2.75) is 30.6 Å². The molecule has 0 radical (unpaired) electrons. The first-order valence-electron chi connectivity index (χ1n) is 4.97. The second-order valence-electron chi connectivity index (χ2n) is 3.75. The molecular formula is C11H14O2S. The standard InChI is InChI=1S/C11H14O2S/c1-2-9-7-8-14(12,13)11-6-4-3-5-10(9)11/h3-6,9H,2,7-8H2,1H3/t9-/m1/s1. The molecule has 0 saturated heterocycles. The highest BCUT2D eigenvalue weighted by molar-refractivity contribution is 7.91. The second kappa shape index (κ2) is 3.39. The highest BCUT2D eigenvalue weighted by Gasteiger charge is 2.28. The van der Waals surface area contributed by atoms with E-state index in [0.717, 1.165) is 18.4 Å². The normalized spacial score (nSPS) is 24.2. The molecule has 0 saturated carbocycles. The smallest absolute Gasteiger partial charge is 0.178 e. The summed E-state index contributed by atoms with van der Waals surface area (Å²) in [7, 11) is -2.99. The molecule has 1 aliphatic rings. The van der Waals surface area contributed by atoms with Gasteiger partial charge in [0.2, 0.25) is 0 Å². The second-order valence-corrected chi connectivity index (χ2v) is 5.83. The minimum atomic E-state index is -2.99. The van der Waals surface area contributed by atoms with Gasteiger partial charge < -0.3 is 0 Å². The van der Waals surface area contributed by atoms with E-state index in [1.165, 1.54) is 0 Å². The molecule has 1 aliphatic heterocycles. The molecule has 76 valence electrons. The van der Waals surface area contributed by atoms with Gasteiger partial charge in [0.1, 0.15) is 0 Å². The molecular weight excluding hydrogens is 196 g/mol. The molecule has 0 fully saturated rings. The maximum atomic E-state index is 11.7. The van der Waals surface area contributed by atoms with Crippen molar-refractivity contribution in [2.24, 2.45) is 0 Å². The molecule has 0 amide bonds. The Hall–Kier alpha value is -0.830. The van der Waals surface area contributed by atoms with Crippen LogP contribution < -0.4 is 0 Å². The topological polar surface area (TPSA) is 34.1 Å². The molecule has 0 unspecified atom stereocenters. The van der Waals surface area contributed by atoms with E-state index in [0.29, 0.717) is 16.6 Å². The molecule has 1 aromatic rings. The third-order valence-electron chi connectivity index (χ3n) is 2.92. The van der Waals surface area contributed by atoms with Crippen molar-refractivity contribution in [3.05, 3.63) is 29.8 Å². The number of fused-ring (bicyclic) bond motifs is 1. The summed E-state index contributed by atoms with van der Waals surface area (Å²) in [6.45, 7) is 2.11. The molecule has 0 aliphatic carbocycles. The van der Waals surface area contributed by atoms with Gasteiger partial charge >= 0.3 is 0 Å². The summed E-state index contributed by atoms with van der Waals surface area (Å²) in [5.41, 5.74) is 1.02. The Kier molecular flexibility index (Phi) is 2.35. The lowest BCUT2D eigenvalue weighted by molar-refractivity contribution is 0.557. The number of sulfone groups is 1. The van der Waals surface area contributed by atoms with Gasteiger partial charge in [-0.25, -0.2) is 8.42 Å². The van der Waals surface area contributed by atoms with Gasteiger partial charge in [-0.3, -0.25) is 0 Å². The predicted octanol–water partition coefficient (Wildman–Crippen LogP) is 2.36. The van der Waals surface area contributed by atoms with Gasteiger partial charge in [-0.1, -0.05) is 25.1 Å². The van der Waals surface area contributed by atoms with Crippen molar-refractivity contribution in [1.29, 1.82) is 0 Å². The molecule has 14 heavy (non-hydrogen) atoms. The molecule has 1 aromatic carbocycles. The first-order chi connectivity index (χ1) is 6.65. The van der Waals surface area contributed by atoms with Crippen molar-refractivity contribution < 1.29 is 8.42 Å². The number of hydrogen-bond donors (Lipinski definition) is 0. The summed E-state index contributed by atoms with van der Waals surface area (Å²) in [6.07, 6.45) is 1.79. The van der Waals surface area contributed by atoms with Crippen LogP contribution in [0.4, 0.5) is 0 Å². The summed E-state index contributed by atoms with van der Waals surface area (Å²) < 4.78 is 23.5. The highest BCUT2D eigenvalue weighted by atomic mass is 32.2. The van der Waals surface area contributed by atoms with Crippen LogP contribution >= 0.6 is 0 Å². The SMILES string of the molecule is CC[C@@H]1CCS(=O)(=O)c2ccccc21. The van der Waals surface area contributed by atoms with Gasteiger partial charge in [0, 0.05) is 0 Å². The molecule has 0 spiro atoms. The average Bonchev–Trinajstić information content (AvgIpc) is 2.18. The third-order valence-corrected chi connectivity index (χ3v) is 4.74. The van der Waals surface area contributed by atoms with Crippen molar-refractivity contribution in [3.8, 4) is 0 Å². The summed E-state index contributed by atoms with van der Waals surface area (Å²) in [5, 5.41) is 0. The van der Waals surface area contributed by atoms with Crippen LogP contribution in [0.15, 0.2) is 29.2 Å². The molecule has 0 aromatic heterocycles. The van der Waals surface area contributed by atoms with Crippen LogP contribution in [0.5, 0.6) is 0 Å². The lowest BCUT2D eigenvalue weighted by atomic mass is 9.93. The van der Waals surface area contributed by atoms with Crippen LogP contribution in [0, 0.1) is 0 Å². The molecule has 0 N–H and O–H groups in total. The summed E-state index contributed by atoms with van der Waals surface area (Å²) in [6, 6.07) is 7.39. The van der Waals surface area contributed by atoms with Gasteiger partial charge in [-0.15, -0.1) is 0 Å². The Morgan fingerprint density at radius 3 is 2.79 bits per heavy atom. The summed E-state index contributed by atoms with van der Waals surface area (Å²) in [4.78, 5) is 0.554. The summed E-state index contributed by atoms with van der Waals surface area (Å²) >= 11 is 0. The Morgan fingerprint density at radius 2 is 2.07 bits per heavy atom. The minimum Gasteiger partial charge on any atom is -0.224 e. The van der Waals surface area contributed by atoms with E-state index in [9.17, 15) is 8.42 Å². The Morgan fingerprint density at radius 1 is 1.36 bits per heavy atom. The van der Waals surface area contributed by atoms with E-state index in [2.05, 4.69) is 6.92 Å². The van der Waals surface area contributed by atoms with Gasteiger partial charge in [0.15, 0.2) is 9.84 Å². The van der Waals surface area contributed by atoms with Gasteiger partial charge in [0.05, 0.1) is 10.6 Å². The van der Waals surface area contributed by atoms with E-state index in [1.807, 2.05) is 12.1 Å². The number of rotatable bonds is 1. The molecule has 1 heterocycles. The zero-order valence-corrected chi connectivity index (χ0v) is 9.05. The van der Waals surface area contributed by atoms with Crippen LogP contribution in [0.2, 0.25) is 0 Å². The lowest BCUT2D eigenvalue weighted by Gasteiger charge is -2.24. The maximum absolute atomic E-state index is 11.7. The quantitative estimate of drug-likeness (QED) is 0.713. The molecule has 2 rings (SSSR count). The zero-order valence-electron chi connectivity index (χ0n) is 8.23. The monoisotopic (exact) mass is 210 g/mol. The van der Waals surface area contributed by atoms with Crippen molar-refractivity contribution in [1.82, 2.24) is 0 Å². The zero-order chi connectivity index (χ0) is 10.2. The van der Waals surface area contributed by atoms with Crippen molar-refractivity contribution >= 4 is 9.84 Å². The number of hydrogen-bond acceptors (Lipinski definition) is 2. The third kappa shape index (κ3) is 1.46. The van der Waals surface area contributed by atoms with Crippen LogP contribution in [0.25, 0.3) is 0 Å². The maximum Gasteiger partial charge on any atom is 0.178 e. The van der Waals surface area contributed by atoms with Crippen LogP contribution in [-0.4, -0.2) is 14.2 Å².